The van der Waals surface area contributed by atoms with Crippen molar-refractivity contribution < 1.29 is 19.4 Å². The highest BCUT2D eigenvalue weighted by atomic mass is 16.5. The molecule has 1 aliphatic carbocycles. The fourth-order valence-electron chi connectivity index (χ4n) is 5.03. The van der Waals surface area contributed by atoms with Gasteiger partial charge in [-0.25, -0.2) is 9.78 Å². The van der Waals surface area contributed by atoms with Gasteiger partial charge in [-0.2, -0.15) is 0 Å². The fourth-order valence-corrected chi connectivity index (χ4v) is 5.03. The standard InChI is InChI=1S/C25H32N4O5/c1-16(2)14-26-21(30)19-20(34-15-18-7-4-3-5-8-18)22(31)29-12-10-17-9-6-11-25(13-17,23(29)27-19)28-24(32)33/h3-5,7-8,16-17,28H,6,9-15H2,1-2H3,(H,26,30)(H,32,33). The largest absolute Gasteiger partial charge is 0.481 e. The Hall–Kier alpha value is -3.36. The fraction of sp³-hybridized carbons (Fsp3) is 0.520. The molecular formula is C25H32N4O5. The first-order valence-electron chi connectivity index (χ1n) is 11.9. The van der Waals surface area contributed by atoms with Gasteiger partial charge in [0.15, 0.2) is 5.69 Å². The predicted molar refractivity (Wildman–Crippen MR) is 126 cm³/mol. The molecule has 2 amide bonds. The van der Waals surface area contributed by atoms with Crippen LogP contribution in [0.5, 0.6) is 5.75 Å². The molecule has 0 saturated heterocycles. The molecule has 2 bridgehead atoms. The van der Waals surface area contributed by atoms with Crippen molar-refractivity contribution in [2.75, 3.05) is 6.54 Å². The van der Waals surface area contributed by atoms with Gasteiger partial charge < -0.3 is 20.5 Å². The summed E-state index contributed by atoms with van der Waals surface area (Å²) in [4.78, 5) is 43.3. The molecule has 2 atom stereocenters. The second kappa shape index (κ2) is 9.87. The SMILES string of the molecule is CC(C)CNC(=O)c1nc2n(c(=O)c1OCc1ccccc1)CCC1CCCC2(NC(=O)O)C1. The number of rotatable bonds is 7. The molecule has 0 spiro atoms. The maximum atomic E-state index is 13.7. The van der Waals surface area contributed by atoms with Gasteiger partial charge in [0, 0.05) is 13.1 Å². The second-order valence-corrected chi connectivity index (χ2v) is 9.71. The van der Waals surface area contributed by atoms with E-state index in [9.17, 15) is 19.5 Å². The van der Waals surface area contributed by atoms with Crippen molar-refractivity contribution in [1.82, 2.24) is 20.2 Å². The van der Waals surface area contributed by atoms with Gasteiger partial charge in [-0.15, -0.1) is 0 Å². The average molecular weight is 469 g/mol. The number of carbonyl (C=O) groups is 2. The first-order valence-corrected chi connectivity index (χ1v) is 11.9. The van der Waals surface area contributed by atoms with Crippen LogP contribution in [-0.2, 0) is 18.7 Å². The molecule has 182 valence electrons. The van der Waals surface area contributed by atoms with Crippen LogP contribution in [-0.4, -0.2) is 33.2 Å². The molecular weight excluding hydrogens is 436 g/mol. The van der Waals surface area contributed by atoms with Crippen molar-refractivity contribution in [3.05, 3.63) is 57.8 Å². The molecule has 2 unspecified atom stereocenters. The molecule has 1 aromatic heterocycles. The van der Waals surface area contributed by atoms with Crippen LogP contribution in [0, 0.1) is 11.8 Å². The molecule has 4 rings (SSSR count). The Morgan fingerprint density at radius 2 is 2.03 bits per heavy atom. The van der Waals surface area contributed by atoms with Crippen LogP contribution in [0.15, 0.2) is 35.1 Å². The molecule has 2 aromatic rings. The highest BCUT2D eigenvalue weighted by Crippen LogP contribution is 2.43. The highest BCUT2D eigenvalue weighted by Gasteiger charge is 2.45. The van der Waals surface area contributed by atoms with E-state index in [2.05, 4.69) is 15.6 Å². The van der Waals surface area contributed by atoms with Crippen molar-refractivity contribution in [2.24, 2.45) is 11.8 Å². The van der Waals surface area contributed by atoms with Crippen molar-refractivity contribution in [2.45, 2.75) is 64.6 Å². The number of hydrogen-bond acceptors (Lipinski definition) is 5. The third-order valence-electron chi connectivity index (χ3n) is 6.63. The lowest BCUT2D eigenvalue weighted by molar-refractivity contribution is 0.0936. The number of fused-ring (bicyclic) bond motifs is 4. The first-order chi connectivity index (χ1) is 16.3. The van der Waals surface area contributed by atoms with Crippen LogP contribution in [0.3, 0.4) is 0 Å². The zero-order chi connectivity index (χ0) is 24.3. The number of aromatic nitrogens is 2. The number of hydrogen-bond donors (Lipinski definition) is 3. The van der Waals surface area contributed by atoms with Crippen LogP contribution in [0.1, 0.15) is 67.8 Å². The monoisotopic (exact) mass is 468 g/mol. The maximum absolute atomic E-state index is 13.7. The Balaban J connectivity index is 1.82. The van der Waals surface area contributed by atoms with E-state index in [1.165, 1.54) is 4.57 Å². The highest BCUT2D eigenvalue weighted by molar-refractivity contribution is 5.94. The summed E-state index contributed by atoms with van der Waals surface area (Å²) < 4.78 is 7.44. The van der Waals surface area contributed by atoms with Crippen molar-refractivity contribution in [1.29, 1.82) is 0 Å². The normalized spacial score (nSPS) is 21.3. The van der Waals surface area contributed by atoms with Crippen LogP contribution in [0.4, 0.5) is 4.79 Å². The van der Waals surface area contributed by atoms with Crippen LogP contribution < -0.4 is 20.9 Å². The molecule has 2 aliphatic rings. The molecule has 1 aromatic carbocycles. The van der Waals surface area contributed by atoms with Gasteiger partial charge in [-0.1, -0.05) is 57.0 Å². The zero-order valence-electron chi connectivity index (χ0n) is 19.7. The minimum Gasteiger partial charge on any atom is -0.481 e. The Labute approximate surface area is 198 Å². The minimum absolute atomic E-state index is 0.0941. The summed E-state index contributed by atoms with van der Waals surface area (Å²) in [6, 6.07) is 9.39. The number of carboxylic acid groups (broad SMARTS) is 1. The second-order valence-electron chi connectivity index (χ2n) is 9.71. The summed E-state index contributed by atoms with van der Waals surface area (Å²) in [7, 11) is 0. The van der Waals surface area contributed by atoms with Gasteiger partial charge in [0.05, 0.1) is 0 Å². The summed E-state index contributed by atoms with van der Waals surface area (Å²) in [6.07, 6.45) is 2.46. The van der Waals surface area contributed by atoms with E-state index in [0.717, 1.165) is 24.8 Å². The molecule has 0 radical (unpaired) electrons. The number of nitrogens with one attached hydrogen (secondary N) is 2. The minimum atomic E-state index is -1.17. The molecule has 2 heterocycles. The molecule has 1 aliphatic heterocycles. The van der Waals surface area contributed by atoms with E-state index in [4.69, 9.17) is 4.74 Å². The lowest BCUT2D eigenvalue weighted by Crippen LogP contribution is -2.51. The number of carbonyl (C=O) groups excluding carboxylic acids is 1. The quantitative estimate of drug-likeness (QED) is 0.573. The van der Waals surface area contributed by atoms with Gasteiger partial charge >= 0.3 is 6.09 Å². The Morgan fingerprint density at radius 1 is 1.26 bits per heavy atom. The topological polar surface area (TPSA) is 123 Å². The van der Waals surface area contributed by atoms with Crippen molar-refractivity contribution in [3.8, 4) is 5.75 Å². The van der Waals surface area contributed by atoms with Gasteiger partial charge in [0.25, 0.3) is 11.5 Å². The molecule has 9 nitrogen and oxygen atoms in total. The van der Waals surface area contributed by atoms with E-state index in [0.29, 0.717) is 31.8 Å². The van der Waals surface area contributed by atoms with Gasteiger partial charge in [0.2, 0.25) is 5.75 Å². The number of ether oxygens (including phenoxy) is 1. The summed E-state index contributed by atoms with van der Waals surface area (Å²) in [6.45, 7) is 4.88. The van der Waals surface area contributed by atoms with E-state index in [1.54, 1.807) is 0 Å². The third-order valence-corrected chi connectivity index (χ3v) is 6.63. The zero-order valence-corrected chi connectivity index (χ0v) is 19.7. The Morgan fingerprint density at radius 3 is 2.74 bits per heavy atom. The van der Waals surface area contributed by atoms with Crippen molar-refractivity contribution >= 4 is 12.0 Å². The lowest BCUT2D eigenvalue weighted by Gasteiger charge is -2.38. The van der Waals surface area contributed by atoms with Crippen LogP contribution >= 0.6 is 0 Å². The van der Waals surface area contributed by atoms with Crippen LogP contribution in [0.25, 0.3) is 0 Å². The predicted octanol–water partition coefficient (Wildman–Crippen LogP) is 3.26. The van der Waals surface area contributed by atoms with E-state index in [-0.39, 0.29) is 29.9 Å². The first kappa shape index (κ1) is 23.8. The molecule has 3 N–H and O–H groups in total. The number of benzene rings is 1. The van der Waals surface area contributed by atoms with Gasteiger partial charge in [-0.05, 0) is 36.7 Å². The molecule has 34 heavy (non-hydrogen) atoms. The summed E-state index contributed by atoms with van der Waals surface area (Å²) in [5.74, 6) is 0.186. The lowest BCUT2D eigenvalue weighted by atomic mass is 9.75. The molecule has 9 heteroatoms. The Bertz CT molecular complexity index is 1110. The Kier molecular flexibility index (Phi) is 6.90. The van der Waals surface area contributed by atoms with E-state index < -0.39 is 23.1 Å². The average Bonchev–Trinajstić information content (AvgIpc) is 2.90. The summed E-state index contributed by atoms with van der Waals surface area (Å²) in [5.41, 5.74) is -0.691. The molecule has 1 fully saturated rings. The van der Waals surface area contributed by atoms with Gasteiger partial charge in [-0.3, -0.25) is 14.2 Å². The molecule has 1 saturated carbocycles. The van der Waals surface area contributed by atoms with E-state index >= 15 is 0 Å². The van der Waals surface area contributed by atoms with Gasteiger partial charge in [0.1, 0.15) is 18.0 Å². The maximum Gasteiger partial charge on any atom is 0.405 e. The smallest absolute Gasteiger partial charge is 0.405 e. The van der Waals surface area contributed by atoms with Crippen LogP contribution in [0.2, 0.25) is 0 Å². The van der Waals surface area contributed by atoms with Crippen molar-refractivity contribution in [3.63, 3.8) is 0 Å². The number of nitrogens with zero attached hydrogens (tertiary/aromatic N) is 2. The number of amides is 2. The summed E-state index contributed by atoms with van der Waals surface area (Å²) >= 11 is 0. The third kappa shape index (κ3) is 4.93. The summed E-state index contributed by atoms with van der Waals surface area (Å²) in [5, 5.41) is 15.1. The van der Waals surface area contributed by atoms with E-state index in [1.807, 2.05) is 44.2 Å².